The molecule has 0 aliphatic carbocycles. The molecule has 0 saturated carbocycles. The number of hydrogen-bond acceptors (Lipinski definition) is 2. The van der Waals surface area contributed by atoms with Gasteiger partial charge in [0.25, 0.3) is 0 Å². The molecule has 0 spiro atoms. The number of ether oxygens (including phenoxy) is 1. The molecule has 0 bridgehead atoms. The lowest BCUT2D eigenvalue weighted by molar-refractivity contribution is 0.0306. The third kappa shape index (κ3) is 3.58. The SMILES string of the molecule is C=CC(C)(C)C(OC)c1cc(CO)ccc1-c1cc(C)ccc1F. The van der Waals surface area contributed by atoms with Gasteiger partial charge in [0.2, 0.25) is 0 Å². The molecular formula is C21H25FO2. The summed E-state index contributed by atoms with van der Waals surface area (Å²) in [6.07, 6.45) is 1.53. The number of methoxy groups -OCH3 is 1. The average Bonchev–Trinajstić information content (AvgIpc) is 2.57. The van der Waals surface area contributed by atoms with E-state index in [9.17, 15) is 9.50 Å². The zero-order valence-corrected chi connectivity index (χ0v) is 14.8. The van der Waals surface area contributed by atoms with Crippen molar-refractivity contribution in [2.75, 3.05) is 7.11 Å². The second kappa shape index (κ2) is 7.29. The summed E-state index contributed by atoms with van der Waals surface area (Å²) in [5.41, 5.74) is 3.56. The smallest absolute Gasteiger partial charge is 0.131 e. The van der Waals surface area contributed by atoms with E-state index in [1.54, 1.807) is 13.2 Å². The van der Waals surface area contributed by atoms with Crippen molar-refractivity contribution in [3.05, 3.63) is 71.6 Å². The second-order valence-corrected chi connectivity index (χ2v) is 6.70. The zero-order chi connectivity index (χ0) is 17.9. The molecule has 2 nitrogen and oxygen atoms in total. The maximum absolute atomic E-state index is 14.5. The van der Waals surface area contributed by atoms with Gasteiger partial charge in [-0.1, -0.05) is 49.8 Å². The summed E-state index contributed by atoms with van der Waals surface area (Å²) in [7, 11) is 1.64. The topological polar surface area (TPSA) is 29.5 Å². The molecule has 128 valence electrons. The van der Waals surface area contributed by atoms with Gasteiger partial charge in [-0.05, 0) is 35.7 Å². The van der Waals surface area contributed by atoms with Crippen molar-refractivity contribution in [2.45, 2.75) is 33.5 Å². The molecule has 2 aromatic carbocycles. The van der Waals surface area contributed by atoms with Gasteiger partial charge in [0.15, 0.2) is 0 Å². The molecule has 0 aromatic heterocycles. The fourth-order valence-corrected chi connectivity index (χ4v) is 2.96. The highest BCUT2D eigenvalue weighted by molar-refractivity contribution is 5.70. The Morgan fingerprint density at radius 2 is 1.92 bits per heavy atom. The largest absolute Gasteiger partial charge is 0.392 e. The standard InChI is InChI=1S/C21H25FO2/c1-6-21(3,4)20(24-5)18-12-15(13-23)8-9-16(18)17-11-14(2)7-10-19(17)22/h6-12,20,23H,1,13H2,2-5H3. The predicted molar refractivity (Wildman–Crippen MR) is 96.2 cm³/mol. The summed E-state index contributed by atoms with van der Waals surface area (Å²) >= 11 is 0. The highest BCUT2D eigenvalue weighted by atomic mass is 19.1. The van der Waals surface area contributed by atoms with Crippen LogP contribution in [0.4, 0.5) is 4.39 Å². The van der Waals surface area contributed by atoms with Crippen LogP contribution in [-0.2, 0) is 11.3 Å². The molecule has 0 aliphatic rings. The third-order valence-corrected chi connectivity index (χ3v) is 4.43. The highest BCUT2D eigenvalue weighted by Gasteiger charge is 2.30. The van der Waals surface area contributed by atoms with Crippen LogP contribution in [0, 0.1) is 18.2 Å². The fourth-order valence-electron chi connectivity index (χ4n) is 2.96. The van der Waals surface area contributed by atoms with E-state index in [1.165, 1.54) is 6.07 Å². The lowest BCUT2D eigenvalue weighted by Gasteiger charge is -2.32. The first-order chi connectivity index (χ1) is 11.3. The van der Waals surface area contributed by atoms with Gasteiger partial charge in [-0.3, -0.25) is 0 Å². The summed E-state index contributed by atoms with van der Waals surface area (Å²) < 4.78 is 20.2. The fraction of sp³-hybridized carbons (Fsp3) is 0.333. The molecule has 1 unspecified atom stereocenters. The van der Waals surface area contributed by atoms with Gasteiger partial charge in [-0.25, -0.2) is 4.39 Å². The Morgan fingerprint density at radius 3 is 2.50 bits per heavy atom. The molecule has 0 radical (unpaired) electrons. The average molecular weight is 328 g/mol. The quantitative estimate of drug-likeness (QED) is 0.739. The molecular weight excluding hydrogens is 303 g/mol. The Bertz CT molecular complexity index is 735. The molecule has 0 fully saturated rings. The highest BCUT2D eigenvalue weighted by Crippen LogP contribution is 2.42. The van der Waals surface area contributed by atoms with Crippen molar-refractivity contribution in [3.63, 3.8) is 0 Å². The molecule has 1 N–H and O–H groups in total. The van der Waals surface area contributed by atoms with E-state index < -0.39 is 0 Å². The number of hydrogen-bond donors (Lipinski definition) is 1. The number of benzene rings is 2. The molecule has 0 aliphatic heterocycles. The molecule has 1 atom stereocenters. The van der Waals surface area contributed by atoms with E-state index >= 15 is 0 Å². The minimum absolute atomic E-state index is 0.0749. The van der Waals surface area contributed by atoms with Crippen molar-refractivity contribution in [3.8, 4) is 11.1 Å². The summed E-state index contributed by atoms with van der Waals surface area (Å²) in [5.74, 6) is -0.273. The second-order valence-electron chi connectivity index (χ2n) is 6.70. The third-order valence-electron chi connectivity index (χ3n) is 4.43. The van der Waals surface area contributed by atoms with E-state index in [1.807, 2.05) is 51.1 Å². The van der Waals surface area contributed by atoms with Gasteiger partial charge in [0.05, 0.1) is 12.7 Å². The van der Waals surface area contributed by atoms with Crippen molar-refractivity contribution in [2.24, 2.45) is 5.41 Å². The molecule has 3 heteroatoms. The van der Waals surface area contributed by atoms with Gasteiger partial charge in [0.1, 0.15) is 5.82 Å². The molecule has 2 aromatic rings. The van der Waals surface area contributed by atoms with Crippen molar-refractivity contribution >= 4 is 0 Å². The molecule has 2 rings (SSSR count). The lowest BCUT2D eigenvalue weighted by atomic mass is 9.79. The summed E-state index contributed by atoms with van der Waals surface area (Å²) in [6.45, 7) is 9.81. The normalized spacial score (nSPS) is 12.9. The Labute approximate surface area is 143 Å². The number of aliphatic hydroxyl groups excluding tert-OH is 1. The number of rotatable bonds is 6. The van der Waals surface area contributed by atoms with Crippen LogP contribution in [0.1, 0.15) is 36.6 Å². The van der Waals surface area contributed by atoms with E-state index in [0.717, 1.165) is 22.3 Å². The molecule has 0 heterocycles. The van der Waals surface area contributed by atoms with Crippen LogP contribution in [0.2, 0.25) is 0 Å². The van der Waals surface area contributed by atoms with Crippen molar-refractivity contribution in [1.29, 1.82) is 0 Å². The minimum atomic E-state index is -0.349. The molecule has 0 amide bonds. The number of halogens is 1. The lowest BCUT2D eigenvalue weighted by Crippen LogP contribution is -2.22. The van der Waals surface area contributed by atoms with Crippen molar-refractivity contribution < 1.29 is 14.2 Å². The Balaban J connectivity index is 2.73. The molecule has 0 saturated heterocycles. The van der Waals surface area contributed by atoms with Gasteiger partial charge >= 0.3 is 0 Å². The maximum Gasteiger partial charge on any atom is 0.131 e. The van der Waals surface area contributed by atoms with E-state index in [2.05, 4.69) is 6.58 Å². The van der Waals surface area contributed by atoms with Crippen LogP contribution in [0.15, 0.2) is 49.1 Å². The summed E-state index contributed by atoms with van der Waals surface area (Å²) in [4.78, 5) is 0. The monoisotopic (exact) mass is 328 g/mol. The van der Waals surface area contributed by atoms with Gasteiger partial charge in [0, 0.05) is 18.1 Å². The van der Waals surface area contributed by atoms with Crippen molar-refractivity contribution in [1.82, 2.24) is 0 Å². The number of aliphatic hydroxyl groups is 1. The molecule has 24 heavy (non-hydrogen) atoms. The maximum atomic E-state index is 14.5. The first-order valence-corrected chi connectivity index (χ1v) is 8.00. The van der Waals surface area contributed by atoms with Gasteiger partial charge < -0.3 is 9.84 Å². The Morgan fingerprint density at radius 1 is 1.21 bits per heavy atom. The first kappa shape index (κ1) is 18.4. The summed E-state index contributed by atoms with van der Waals surface area (Å²) in [5, 5.41) is 9.50. The first-order valence-electron chi connectivity index (χ1n) is 8.00. The van der Waals surface area contributed by atoms with Gasteiger partial charge in [-0.2, -0.15) is 0 Å². The zero-order valence-electron chi connectivity index (χ0n) is 14.8. The van der Waals surface area contributed by atoms with E-state index in [0.29, 0.717) is 5.56 Å². The van der Waals surface area contributed by atoms with E-state index in [-0.39, 0.29) is 23.9 Å². The van der Waals surface area contributed by atoms with Crippen LogP contribution in [0.3, 0.4) is 0 Å². The van der Waals surface area contributed by atoms with E-state index in [4.69, 9.17) is 4.74 Å². The van der Waals surface area contributed by atoms with Crippen LogP contribution in [0.5, 0.6) is 0 Å². The number of aryl methyl sites for hydroxylation is 1. The minimum Gasteiger partial charge on any atom is -0.392 e. The predicted octanol–water partition coefficient (Wildman–Crippen LogP) is 5.19. The Kier molecular flexibility index (Phi) is 5.58. The Hall–Kier alpha value is -1.97. The van der Waals surface area contributed by atoms with Crippen LogP contribution in [-0.4, -0.2) is 12.2 Å². The van der Waals surface area contributed by atoms with Gasteiger partial charge in [-0.15, -0.1) is 6.58 Å². The van der Waals surface area contributed by atoms with Crippen LogP contribution < -0.4 is 0 Å². The summed E-state index contributed by atoms with van der Waals surface area (Å²) in [6, 6.07) is 10.6. The van der Waals surface area contributed by atoms with Crippen LogP contribution in [0.25, 0.3) is 11.1 Å². The van der Waals surface area contributed by atoms with Crippen LogP contribution >= 0.6 is 0 Å².